The number of benzene rings is 1. The van der Waals surface area contributed by atoms with Gasteiger partial charge >= 0.3 is 0 Å². The Labute approximate surface area is 116 Å². The first-order chi connectivity index (χ1) is 9.35. The Morgan fingerprint density at radius 3 is 2.68 bits per heavy atom. The van der Waals surface area contributed by atoms with E-state index in [2.05, 4.69) is 34.7 Å². The van der Waals surface area contributed by atoms with E-state index in [0.717, 1.165) is 18.0 Å². The molecular weight excluding hydrogens is 256 g/mol. The lowest BCUT2D eigenvalue weighted by Gasteiger charge is -2.03. The number of rotatable bonds is 4. The van der Waals surface area contributed by atoms with Crippen LogP contribution < -0.4 is 4.74 Å². The molecule has 0 fully saturated rings. The largest absolute Gasteiger partial charge is 0.497 e. The fourth-order valence-corrected chi connectivity index (χ4v) is 2.61. The van der Waals surface area contributed by atoms with E-state index in [1.165, 1.54) is 10.4 Å². The second kappa shape index (κ2) is 5.28. The summed E-state index contributed by atoms with van der Waals surface area (Å²) in [6.07, 6.45) is 2.01. The predicted molar refractivity (Wildman–Crippen MR) is 77.6 cm³/mol. The minimum absolute atomic E-state index is 0.773. The monoisotopic (exact) mass is 270 g/mol. The number of hydrogen-bond donors (Lipinski definition) is 0. The summed E-state index contributed by atoms with van der Waals surface area (Å²) in [7, 11) is 1.68. The summed E-state index contributed by atoms with van der Waals surface area (Å²) in [5.41, 5.74) is 2.24. The zero-order valence-corrected chi connectivity index (χ0v) is 11.4. The average molecular weight is 270 g/mol. The molecule has 2 heterocycles. The van der Waals surface area contributed by atoms with Crippen LogP contribution >= 0.6 is 11.3 Å². The molecule has 0 aliphatic carbocycles. The van der Waals surface area contributed by atoms with Crippen molar-refractivity contribution in [2.45, 2.75) is 6.54 Å². The van der Waals surface area contributed by atoms with Crippen LogP contribution in [0.25, 0.3) is 10.6 Å². The molecule has 96 valence electrons. The number of nitrogens with zero attached hydrogens (tertiary/aromatic N) is 2. The molecule has 4 heteroatoms. The number of aromatic nitrogens is 2. The molecular formula is C15H14N2OS. The molecule has 0 saturated carbocycles. The third-order valence-corrected chi connectivity index (χ3v) is 3.81. The third kappa shape index (κ3) is 2.69. The summed E-state index contributed by atoms with van der Waals surface area (Å²) in [6.45, 7) is 0.773. The van der Waals surface area contributed by atoms with E-state index < -0.39 is 0 Å². The highest BCUT2D eigenvalue weighted by atomic mass is 32.1. The van der Waals surface area contributed by atoms with E-state index in [1.807, 2.05) is 29.1 Å². The fourth-order valence-electron chi connectivity index (χ4n) is 1.92. The van der Waals surface area contributed by atoms with Crippen molar-refractivity contribution in [1.29, 1.82) is 0 Å². The first-order valence-electron chi connectivity index (χ1n) is 6.05. The summed E-state index contributed by atoms with van der Waals surface area (Å²) in [5, 5.41) is 6.65. The summed E-state index contributed by atoms with van der Waals surface area (Å²) in [5.74, 6) is 0.878. The SMILES string of the molecule is COc1ccc(Cn2ccc(-c3cccs3)n2)cc1. The van der Waals surface area contributed by atoms with E-state index in [4.69, 9.17) is 4.74 Å². The Bertz CT molecular complexity index is 641. The molecule has 0 amide bonds. The molecule has 0 bridgehead atoms. The van der Waals surface area contributed by atoms with E-state index in [-0.39, 0.29) is 0 Å². The van der Waals surface area contributed by atoms with Gasteiger partial charge in [0, 0.05) is 6.20 Å². The van der Waals surface area contributed by atoms with E-state index in [1.54, 1.807) is 18.4 Å². The topological polar surface area (TPSA) is 27.1 Å². The molecule has 0 unspecified atom stereocenters. The molecule has 0 N–H and O–H groups in total. The van der Waals surface area contributed by atoms with Gasteiger partial charge < -0.3 is 4.74 Å². The van der Waals surface area contributed by atoms with E-state index in [9.17, 15) is 0 Å². The van der Waals surface area contributed by atoms with Gasteiger partial charge in [-0.1, -0.05) is 18.2 Å². The second-order valence-corrected chi connectivity index (χ2v) is 5.17. The molecule has 3 rings (SSSR count). The molecule has 0 saturated heterocycles. The van der Waals surface area contributed by atoms with Crippen LogP contribution in [0.5, 0.6) is 5.75 Å². The molecule has 2 aromatic heterocycles. The Kier molecular flexibility index (Phi) is 3.33. The van der Waals surface area contributed by atoms with Crippen molar-refractivity contribution >= 4 is 11.3 Å². The van der Waals surface area contributed by atoms with Gasteiger partial charge in [0.05, 0.1) is 18.5 Å². The summed E-state index contributed by atoms with van der Waals surface area (Å²) in [6, 6.07) is 14.2. The third-order valence-electron chi connectivity index (χ3n) is 2.92. The Morgan fingerprint density at radius 1 is 1.16 bits per heavy atom. The first kappa shape index (κ1) is 12.0. The predicted octanol–water partition coefficient (Wildman–Crippen LogP) is 3.67. The van der Waals surface area contributed by atoms with Crippen LogP contribution in [-0.2, 0) is 6.54 Å². The highest BCUT2D eigenvalue weighted by Crippen LogP contribution is 2.22. The molecule has 0 atom stereocenters. The van der Waals surface area contributed by atoms with Crippen LogP contribution in [0.4, 0.5) is 0 Å². The van der Waals surface area contributed by atoms with Crippen molar-refractivity contribution in [3.8, 4) is 16.3 Å². The van der Waals surface area contributed by atoms with Crippen molar-refractivity contribution in [3.05, 3.63) is 59.6 Å². The summed E-state index contributed by atoms with van der Waals surface area (Å²) < 4.78 is 7.11. The standard InChI is InChI=1S/C15H14N2OS/c1-18-13-6-4-12(5-7-13)11-17-9-8-14(16-17)15-3-2-10-19-15/h2-10H,11H2,1H3. The first-order valence-corrected chi connectivity index (χ1v) is 6.93. The van der Waals surface area contributed by atoms with Gasteiger partial charge in [-0.2, -0.15) is 5.10 Å². The zero-order valence-electron chi connectivity index (χ0n) is 10.6. The van der Waals surface area contributed by atoms with Crippen LogP contribution in [0.2, 0.25) is 0 Å². The van der Waals surface area contributed by atoms with Crippen molar-refractivity contribution < 1.29 is 4.74 Å². The minimum Gasteiger partial charge on any atom is -0.497 e. The molecule has 0 aliphatic rings. The molecule has 0 spiro atoms. The normalized spacial score (nSPS) is 10.6. The lowest BCUT2D eigenvalue weighted by atomic mass is 10.2. The second-order valence-electron chi connectivity index (χ2n) is 4.22. The number of hydrogen-bond acceptors (Lipinski definition) is 3. The molecule has 19 heavy (non-hydrogen) atoms. The van der Waals surface area contributed by atoms with Crippen molar-refractivity contribution in [1.82, 2.24) is 9.78 Å². The van der Waals surface area contributed by atoms with Crippen LogP contribution in [0, 0.1) is 0 Å². The Balaban J connectivity index is 1.76. The van der Waals surface area contributed by atoms with Crippen molar-refractivity contribution in [2.75, 3.05) is 7.11 Å². The minimum atomic E-state index is 0.773. The van der Waals surface area contributed by atoms with Crippen LogP contribution in [0.15, 0.2) is 54.0 Å². The molecule has 3 nitrogen and oxygen atoms in total. The lowest BCUT2D eigenvalue weighted by Crippen LogP contribution is -2.00. The Morgan fingerprint density at radius 2 is 2.00 bits per heavy atom. The number of ether oxygens (including phenoxy) is 1. The lowest BCUT2D eigenvalue weighted by molar-refractivity contribution is 0.414. The summed E-state index contributed by atoms with van der Waals surface area (Å²) in [4.78, 5) is 1.20. The molecule has 0 aliphatic heterocycles. The maximum absolute atomic E-state index is 5.15. The maximum Gasteiger partial charge on any atom is 0.118 e. The average Bonchev–Trinajstić information content (AvgIpc) is 3.10. The zero-order chi connectivity index (χ0) is 13.1. The number of methoxy groups -OCH3 is 1. The maximum atomic E-state index is 5.15. The van der Waals surface area contributed by atoms with E-state index in [0.29, 0.717) is 0 Å². The Hall–Kier alpha value is -2.07. The van der Waals surface area contributed by atoms with Crippen molar-refractivity contribution in [3.63, 3.8) is 0 Å². The quantitative estimate of drug-likeness (QED) is 0.723. The highest BCUT2D eigenvalue weighted by molar-refractivity contribution is 7.13. The fraction of sp³-hybridized carbons (Fsp3) is 0.133. The van der Waals surface area contributed by atoms with E-state index >= 15 is 0 Å². The van der Waals surface area contributed by atoms with Crippen molar-refractivity contribution in [2.24, 2.45) is 0 Å². The van der Waals surface area contributed by atoms with Gasteiger partial charge in [0.25, 0.3) is 0 Å². The van der Waals surface area contributed by atoms with Gasteiger partial charge in [-0.05, 0) is 35.2 Å². The van der Waals surface area contributed by atoms with Crippen LogP contribution in [-0.4, -0.2) is 16.9 Å². The van der Waals surface area contributed by atoms with Crippen LogP contribution in [0.1, 0.15) is 5.56 Å². The summed E-state index contributed by atoms with van der Waals surface area (Å²) >= 11 is 1.71. The number of thiophene rings is 1. The van der Waals surface area contributed by atoms with Gasteiger partial charge in [-0.15, -0.1) is 11.3 Å². The smallest absolute Gasteiger partial charge is 0.118 e. The highest BCUT2D eigenvalue weighted by Gasteiger charge is 2.03. The van der Waals surface area contributed by atoms with Crippen LogP contribution in [0.3, 0.4) is 0 Å². The molecule has 3 aromatic rings. The van der Waals surface area contributed by atoms with Gasteiger partial charge in [-0.25, -0.2) is 0 Å². The van der Waals surface area contributed by atoms with Gasteiger partial charge in [0.15, 0.2) is 0 Å². The van der Waals surface area contributed by atoms with Gasteiger partial charge in [0.2, 0.25) is 0 Å². The molecule has 0 radical (unpaired) electrons. The van der Waals surface area contributed by atoms with Gasteiger partial charge in [-0.3, -0.25) is 4.68 Å². The van der Waals surface area contributed by atoms with Gasteiger partial charge in [0.1, 0.15) is 11.4 Å². The molecule has 1 aromatic carbocycles.